The molecular formula is C14H22N2O10. The summed E-state index contributed by atoms with van der Waals surface area (Å²) in [5.41, 5.74) is 2.68. The van der Waals surface area contributed by atoms with Crippen LogP contribution in [-0.2, 0) is 38.1 Å². The Kier molecular flexibility index (Phi) is 6.65. The topological polar surface area (TPSA) is 184 Å². The zero-order chi connectivity index (χ0) is 20.3. The van der Waals surface area contributed by atoms with Crippen LogP contribution in [0.3, 0.4) is 0 Å². The van der Waals surface area contributed by atoms with E-state index in [0.717, 1.165) is 27.7 Å². The van der Waals surface area contributed by atoms with Crippen LogP contribution in [0.25, 0.3) is 0 Å². The molecule has 0 radical (unpaired) electrons. The van der Waals surface area contributed by atoms with Crippen molar-refractivity contribution in [3.05, 3.63) is 0 Å². The number of carbonyl (C=O) groups excluding carboxylic acids is 4. The summed E-state index contributed by atoms with van der Waals surface area (Å²) in [6.07, 6.45) is -4.87. The van der Waals surface area contributed by atoms with E-state index in [1.807, 2.05) is 5.32 Å². The standard InChI is InChI=1S/C14H22N2O10/c1-6(17)16-13(21)12(25-9(4)20)11(24-8(3)19)10(5-23-7(2)18)26-14(13,15)22/h10-12,21-22H,5,15H2,1-4H3,(H,16,17)/t10-,11-,12+,13-,14-/m1/s1. The molecule has 0 bridgehead atoms. The van der Waals surface area contributed by atoms with Crippen molar-refractivity contribution in [1.82, 2.24) is 5.32 Å². The number of ether oxygens (including phenoxy) is 4. The maximum atomic E-state index is 11.5. The van der Waals surface area contributed by atoms with E-state index in [2.05, 4.69) is 0 Å². The molecule has 1 amide bonds. The average molecular weight is 378 g/mol. The van der Waals surface area contributed by atoms with Gasteiger partial charge in [0, 0.05) is 27.7 Å². The van der Waals surface area contributed by atoms with Crippen molar-refractivity contribution in [2.45, 2.75) is 57.6 Å². The van der Waals surface area contributed by atoms with Gasteiger partial charge in [-0.15, -0.1) is 0 Å². The number of aliphatic hydroxyl groups is 2. The Labute approximate surface area is 148 Å². The fourth-order valence-corrected chi connectivity index (χ4v) is 2.44. The molecule has 5 N–H and O–H groups in total. The van der Waals surface area contributed by atoms with Gasteiger partial charge in [-0.3, -0.25) is 24.9 Å². The maximum Gasteiger partial charge on any atom is 0.303 e. The monoisotopic (exact) mass is 378 g/mol. The van der Waals surface area contributed by atoms with E-state index in [1.54, 1.807) is 0 Å². The fraction of sp³-hybridized carbons (Fsp3) is 0.714. The first kappa shape index (κ1) is 21.8. The van der Waals surface area contributed by atoms with Gasteiger partial charge in [-0.2, -0.15) is 0 Å². The molecule has 1 aliphatic rings. The van der Waals surface area contributed by atoms with Crippen molar-refractivity contribution in [1.29, 1.82) is 0 Å². The minimum Gasteiger partial charge on any atom is -0.463 e. The third-order valence-electron chi connectivity index (χ3n) is 3.37. The molecule has 1 fully saturated rings. The molecule has 0 aromatic rings. The average Bonchev–Trinajstić information content (AvgIpc) is 2.44. The molecule has 0 unspecified atom stereocenters. The Morgan fingerprint density at radius 2 is 1.58 bits per heavy atom. The summed E-state index contributed by atoms with van der Waals surface area (Å²) >= 11 is 0. The zero-order valence-corrected chi connectivity index (χ0v) is 14.7. The highest BCUT2D eigenvalue weighted by Gasteiger charge is 2.66. The predicted octanol–water partition coefficient (Wildman–Crippen LogP) is -2.76. The molecule has 1 heterocycles. The van der Waals surface area contributed by atoms with E-state index in [9.17, 15) is 29.4 Å². The Morgan fingerprint density at radius 1 is 1.04 bits per heavy atom. The third-order valence-corrected chi connectivity index (χ3v) is 3.37. The lowest BCUT2D eigenvalue weighted by Crippen LogP contribution is -2.82. The minimum atomic E-state index is -2.99. The van der Waals surface area contributed by atoms with Crippen LogP contribution in [0.2, 0.25) is 0 Å². The van der Waals surface area contributed by atoms with Crippen molar-refractivity contribution in [3.63, 3.8) is 0 Å². The molecule has 0 aliphatic carbocycles. The summed E-state index contributed by atoms with van der Waals surface area (Å²) in [7, 11) is 0. The predicted molar refractivity (Wildman–Crippen MR) is 80.5 cm³/mol. The summed E-state index contributed by atoms with van der Waals surface area (Å²) in [6, 6.07) is 0. The van der Waals surface area contributed by atoms with E-state index in [0.29, 0.717) is 0 Å². The molecule has 0 aromatic heterocycles. The van der Waals surface area contributed by atoms with Gasteiger partial charge in [0.15, 0.2) is 12.2 Å². The summed E-state index contributed by atoms with van der Waals surface area (Å²) in [5, 5.41) is 23.0. The van der Waals surface area contributed by atoms with Crippen LogP contribution in [-0.4, -0.2) is 70.6 Å². The number of nitrogens with two attached hydrogens (primary N) is 1. The molecule has 12 heteroatoms. The van der Waals surface area contributed by atoms with Gasteiger partial charge in [0.2, 0.25) is 11.6 Å². The van der Waals surface area contributed by atoms with Crippen molar-refractivity contribution in [2.75, 3.05) is 6.61 Å². The maximum absolute atomic E-state index is 11.5. The van der Waals surface area contributed by atoms with Gasteiger partial charge < -0.3 is 34.5 Å². The molecule has 1 aliphatic heterocycles. The first-order chi connectivity index (χ1) is 11.8. The molecule has 12 nitrogen and oxygen atoms in total. The number of hydrogen-bond donors (Lipinski definition) is 4. The first-order valence-corrected chi connectivity index (χ1v) is 7.48. The lowest BCUT2D eigenvalue weighted by Gasteiger charge is -2.52. The van der Waals surface area contributed by atoms with Gasteiger partial charge in [-0.05, 0) is 0 Å². The summed E-state index contributed by atoms with van der Waals surface area (Å²) in [5.74, 6) is -6.38. The van der Waals surface area contributed by atoms with Crippen LogP contribution in [0.4, 0.5) is 0 Å². The van der Waals surface area contributed by atoms with Crippen LogP contribution in [0.1, 0.15) is 27.7 Å². The van der Waals surface area contributed by atoms with Crippen LogP contribution in [0.15, 0.2) is 0 Å². The highest BCUT2D eigenvalue weighted by molar-refractivity contribution is 5.74. The highest BCUT2D eigenvalue weighted by Crippen LogP contribution is 2.35. The van der Waals surface area contributed by atoms with Gasteiger partial charge in [0.05, 0.1) is 0 Å². The Hall–Kier alpha value is -2.28. The molecule has 0 saturated carbocycles. The molecule has 26 heavy (non-hydrogen) atoms. The SMILES string of the molecule is CC(=O)N[C@@]1(O)[C@@H](OC(C)=O)[C@H](OC(C)=O)[C@@H](COC(C)=O)O[C@]1(N)O. The van der Waals surface area contributed by atoms with Crippen molar-refractivity contribution < 1.29 is 48.3 Å². The number of hydrogen-bond acceptors (Lipinski definition) is 11. The molecular weight excluding hydrogens is 356 g/mol. The number of amides is 1. The van der Waals surface area contributed by atoms with Crippen molar-refractivity contribution in [2.24, 2.45) is 5.73 Å². The first-order valence-electron chi connectivity index (χ1n) is 7.48. The second kappa shape index (κ2) is 7.95. The fourth-order valence-electron chi connectivity index (χ4n) is 2.44. The number of nitrogens with one attached hydrogen (secondary N) is 1. The summed E-state index contributed by atoms with van der Waals surface area (Å²) < 4.78 is 19.8. The molecule has 0 spiro atoms. The van der Waals surface area contributed by atoms with E-state index in [4.69, 9.17) is 24.7 Å². The molecule has 0 aromatic carbocycles. The third kappa shape index (κ3) is 4.88. The van der Waals surface area contributed by atoms with Crippen LogP contribution in [0.5, 0.6) is 0 Å². The highest BCUT2D eigenvalue weighted by atomic mass is 16.7. The van der Waals surface area contributed by atoms with Gasteiger partial charge in [0.1, 0.15) is 12.7 Å². The minimum absolute atomic E-state index is 0.555. The Bertz CT molecular complexity index is 592. The quantitative estimate of drug-likeness (QED) is 0.221. The van der Waals surface area contributed by atoms with E-state index in [1.165, 1.54) is 0 Å². The lowest BCUT2D eigenvalue weighted by molar-refractivity contribution is -0.393. The second-order valence-corrected chi connectivity index (χ2v) is 5.71. The normalized spacial score (nSPS) is 33.7. The van der Waals surface area contributed by atoms with Crippen LogP contribution in [0, 0.1) is 0 Å². The molecule has 1 rings (SSSR count). The lowest BCUT2D eigenvalue weighted by atomic mass is 9.90. The van der Waals surface area contributed by atoms with E-state index < -0.39 is 60.4 Å². The van der Waals surface area contributed by atoms with Gasteiger partial charge in [0.25, 0.3) is 5.91 Å². The van der Waals surface area contributed by atoms with E-state index in [-0.39, 0.29) is 0 Å². The van der Waals surface area contributed by atoms with Crippen molar-refractivity contribution >= 4 is 23.8 Å². The largest absolute Gasteiger partial charge is 0.463 e. The smallest absolute Gasteiger partial charge is 0.303 e. The Balaban J connectivity index is 3.39. The zero-order valence-electron chi connectivity index (χ0n) is 14.7. The Morgan fingerprint density at radius 3 is 2.00 bits per heavy atom. The van der Waals surface area contributed by atoms with Gasteiger partial charge >= 0.3 is 17.9 Å². The summed E-state index contributed by atoms with van der Waals surface area (Å²) in [4.78, 5) is 45.4. The van der Waals surface area contributed by atoms with E-state index >= 15 is 0 Å². The number of esters is 3. The van der Waals surface area contributed by atoms with Gasteiger partial charge in [-0.1, -0.05) is 0 Å². The molecule has 148 valence electrons. The number of rotatable bonds is 5. The van der Waals surface area contributed by atoms with Gasteiger partial charge in [-0.25, -0.2) is 0 Å². The second-order valence-electron chi connectivity index (χ2n) is 5.71. The van der Waals surface area contributed by atoms with Crippen LogP contribution < -0.4 is 11.1 Å². The molecule has 1 saturated heterocycles. The van der Waals surface area contributed by atoms with Crippen LogP contribution >= 0.6 is 0 Å². The number of carbonyl (C=O) groups is 4. The summed E-state index contributed by atoms with van der Waals surface area (Å²) in [6.45, 7) is 3.53. The van der Waals surface area contributed by atoms with Crippen molar-refractivity contribution in [3.8, 4) is 0 Å². The molecule has 5 atom stereocenters.